The maximum atomic E-state index is 13.0. The van der Waals surface area contributed by atoms with Gasteiger partial charge in [0.25, 0.3) is 0 Å². The van der Waals surface area contributed by atoms with Gasteiger partial charge >= 0.3 is 0 Å². The molecule has 112 valence electrons. The zero-order chi connectivity index (χ0) is 15.0. The Labute approximate surface area is 118 Å². The second-order valence-corrected chi connectivity index (χ2v) is 4.75. The van der Waals surface area contributed by atoms with Crippen molar-refractivity contribution in [2.75, 3.05) is 26.2 Å². The van der Waals surface area contributed by atoms with Crippen LogP contribution in [0.4, 0.5) is 8.78 Å². The highest BCUT2D eigenvalue weighted by Gasteiger charge is 2.11. The topological polar surface area (TPSA) is 40.5 Å². The Morgan fingerprint density at radius 1 is 1.15 bits per heavy atom. The molecule has 0 bridgehead atoms. The molecular formula is C15H21F2NO2. The first-order valence-corrected chi connectivity index (χ1v) is 6.89. The molecular weight excluding hydrogens is 264 g/mol. The summed E-state index contributed by atoms with van der Waals surface area (Å²) in [7, 11) is 0. The molecule has 0 spiro atoms. The maximum absolute atomic E-state index is 13.0. The Morgan fingerprint density at radius 2 is 1.80 bits per heavy atom. The monoisotopic (exact) mass is 285 g/mol. The van der Waals surface area contributed by atoms with Crippen molar-refractivity contribution in [2.45, 2.75) is 26.2 Å². The average Bonchev–Trinajstić information content (AvgIpc) is 2.40. The van der Waals surface area contributed by atoms with Crippen LogP contribution in [0.5, 0.6) is 0 Å². The number of carbonyl (C=O) groups is 1. The van der Waals surface area contributed by atoms with E-state index < -0.39 is 11.6 Å². The molecule has 0 atom stereocenters. The third-order valence-electron chi connectivity index (χ3n) is 3.08. The molecule has 0 aliphatic heterocycles. The van der Waals surface area contributed by atoms with Crippen LogP contribution in [0.1, 0.15) is 36.5 Å². The van der Waals surface area contributed by atoms with Gasteiger partial charge in [-0.1, -0.05) is 13.3 Å². The fraction of sp³-hybridized carbons (Fsp3) is 0.533. The van der Waals surface area contributed by atoms with E-state index in [1.807, 2.05) is 4.90 Å². The van der Waals surface area contributed by atoms with Crippen LogP contribution in [0, 0.1) is 11.6 Å². The summed E-state index contributed by atoms with van der Waals surface area (Å²) < 4.78 is 26.1. The van der Waals surface area contributed by atoms with Gasteiger partial charge < -0.3 is 10.0 Å². The van der Waals surface area contributed by atoms with E-state index in [4.69, 9.17) is 5.11 Å². The third-order valence-corrected chi connectivity index (χ3v) is 3.08. The van der Waals surface area contributed by atoms with Crippen molar-refractivity contribution in [1.82, 2.24) is 4.90 Å². The molecule has 0 radical (unpaired) electrons. The molecule has 0 unspecified atom stereocenters. The van der Waals surface area contributed by atoms with Crippen molar-refractivity contribution >= 4 is 5.78 Å². The molecule has 0 heterocycles. The predicted molar refractivity (Wildman–Crippen MR) is 73.7 cm³/mol. The maximum Gasteiger partial charge on any atom is 0.164 e. The highest BCUT2D eigenvalue weighted by Crippen LogP contribution is 2.10. The Morgan fingerprint density at radius 3 is 2.35 bits per heavy atom. The summed E-state index contributed by atoms with van der Waals surface area (Å²) in [6, 6.07) is 2.85. The molecule has 0 fully saturated rings. The summed E-state index contributed by atoms with van der Waals surface area (Å²) in [5.41, 5.74) is 0.0574. The van der Waals surface area contributed by atoms with Gasteiger partial charge in [-0.2, -0.15) is 0 Å². The minimum atomic E-state index is -0.744. The van der Waals surface area contributed by atoms with Crippen molar-refractivity contribution in [2.24, 2.45) is 0 Å². The summed E-state index contributed by atoms with van der Waals surface area (Å²) in [5.74, 6) is -1.78. The second-order valence-electron chi connectivity index (χ2n) is 4.75. The molecule has 0 aliphatic carbocycles. The number of carbonyl (C=O) groups excluding carboxylic acids is 1. The molecule has 0 aliphatic rings. The largest absolute Gasteiger partial charge is 0.395 e. The van der Waals surface area contributed by atoms with Gasteiger partial charge in [0.2, 0.25) is 0 Å². The number of aliphatic hydroxyl groups excluding tert-OH is 1. The Kier molecular flexibility index (Phi) is 7.33. The lowest BCUT2D eigenvalue weighted by Gasteiger charge is -2.20. The lowest BCUT2D eigenvalue weighted by Crippen LogP contribution is -2.30. The van der Waals surface area contributed by atoms with Gasteiger partial charge in [0.15, 0.2) is 5.78 Å². The molecule has 1 aromatic carbocycles. The van der Waals surface area contributed by atoms with Crippen LogP contribution in [0.2, 0.25) is 0 Å². The van der Waals surface area contributed by atoms with Crippen LogP contribution in [0.3, 0.4) is 0 Å². The number of halogens is 2. The van der Waals surface area contributed by atoms with Crippen molar-refractivity contribution in [3.63, 3.8) is 0 Å². The average molecular weight is 285 g/mol. The van der Waals surface area contributed by atoms with Crippen LogP contribution < -0.4 is 0 Å². The summed E-state index contributed by atoms with van der Waals surface area (Å²) in [6.45, 7) is 3.90. The Hall–Kier alpha value is -1.33. The zero-order valence-electron chi connectivity index (χ0n) is 11.7. The summed E-state index contributed by atoms with van der Waals surface area (Å²) in [4.78, 5) is 13.9. The fourth-order valence-corrected chi connectivity index (χ4v) is 1.98. The molecule has 0 saturated heterocycles. The molecule has 20 heavy (non-hydrogen) atoms. The number of aliphatic hydroxyl groups is 1. The first kappa shape index (κ1) is 16.7. The normalized spacial score (nSPS) is 11.1. The minimum Gasteiger partial charge on any atom is -0.395 e. The van der Waals surface area contributed by atoms with E-state index in [2.05, 4.69) is 6.92 Å². The molecule has 1 rings (SSSR count). The number of hydrogen-bond acceptors (Lipinski definition) is 3. The van der Waals surface area contributed by atoms with Gasteiger partial charge in [-0.05, 0) is 25.1 Å². The highest BCUT2D eigenvalue weighted by atomic mass is 19.1. The summed E-state index contributed by atoms with van der Waals surface area (Å²) in [5, 5.41) is 8.97. The predicted octanol–water partition coefficient (Wildman–Crippen LogP) is 2.63. The van der Waals surface area contributed by atoms with Crippen LogP contribution in [0.25, 0.3) is 0 Å². The van der Waals surface area contributed by atoms with Crippen molar-refractivity contribution in [3.05, 3.63) is 35.4 Å². The van der Waals surface area contributed by atoms with E-state index in [9.17, 15) is 13.6 Å². The lowest BCUT2D eigenvalue weighted by molar-refractivity contribution is 0.0955. The van der Waals surface area contributed by atoms with Crippen LogP contribution in [-0.2, 0) is 0 Å². The quantitative estimate of drug-likeness (QED) is 0.709. The van der Waals surface area contributed by atoms with Gasteiger partial charge in [-0.15, -0.1) is 0 Å². The molecule has 0 saturated carbocycles. The summed E-state index contributed by atoms with van der Waals surface area (Å²) in [6.07, 6.45) is 2.21. The van der Waals surface area contributed by atoms with Crippen LogP contribution in [-0.4, -0.2) is 42.0 Å². The number of unbranched alkanes of at least 4 members (excludes halogenated alkanes) is 1. The molecule has 3 nitrogen and oxygen atoms in total. The highest BCUT2D eigenvalue weighted by molar-refractivity contribution is 5.96. The van der Waals surface area contributed by atoms with Gasteiger partial charge in [-0.25, -0.2) is 8.78 Å². The molecule has 0 amide bonds. The molecule has 0 aromatic heterocycles. The minimum absolute atomic E-state index is 0.0342. The Bertz CT molecular complexity index is 418. The van der Waals surface area contributed by atoms with Crippen LogP contribution in [0.15, 0.2) is 18.2 Å². The number of benzene rings is 1. The van der Waals surface area contributed by atoms with E-state index >= 15 is 0 Å². The fourth-order valence-electron chi connectivity index (χ4n) is 1.98. The lowest BCUT2D eigenvalue weighted by atomic mass is 10.1. The van der Waals surface area contributed by atoms with Gasteiger partial charge in [0.05, 0.1) is 6.61 Å². The van der Waals surface area contributed by atoms with Crippen molar-refractivity contribution < 1.29 is 18.7 Å². The smallest absolute Gasteiger partial charge is 0.164 e. The first-order chi connectivity index (χ1) is 9.56. The number of hydrogen-bond donors (Lipinski definition) is 1. The number of rotatable bonds is 9. The van der Waals surface area contributed by atoms with E-state index in [0.29, 0.717) is 13.1 Å². The van der Waals surface area contributed by atoms with Gasteiger partial charge in [0.1, 0.15) is 11.6 Å². The standard InChI is InChI=1S/C15H21F2NO2/c1-2-3-5-18(7-8-19)6-4-15(20)12-9-13(16)11-14(17)10-12/h9-11,19H,2-8H2,1H3. The van der Waals surface area contributed by atoms with Gasteiger partial charge in [0, 0.05) is 31.1 Å². The van der Waals surface area contributed by atoms with Crippen molar-refractivity contribution in [1.29, 1.82) is 0 Å². The third kappa shape index (κ3) is 5.75. The second kappa shape index (κ2) is 8.76. The van der Waals surface area contributed by atoms with E-state index in [1.165, 1.54) is 0 Å². The number of Topliss-reactive ketones (excluding diaryl/α,β-unsaturated/α-hetero) is 1. The molecule has 5 heteroatoms. The van der Waals surface area contributed by atoms with Crippen molar-refractivity contribution in [3.8, 4) is 0 Å². The van der Waals surface area contributed by atoms with E-state index in [0.717, 1.165) is 37.6 Å². The molecule has 1 N–H and O–H groups in total. The number of ketones is 1. The number of nitrogens with zero attached hydrogens (tertiary/aromatic N) is 1. The van der Waals surface area contributed by atoms with Crippen LogP contribution >= 0.6 is 0 Å². The SMILES string of the molecule is CCCCN(CCO)CCC(=O)c1cc(F)cc(F)c1. The zero-order valence-corrected chi connectivity index (χ0v) is 11.7. The Balaban J connectivity index is 2.55. The van der Waals surface area contributed by atoms with E-state index in [1.54, 1.807) is 0 Å². The summed E-state index contributed by atoms with van der Waals surface area (Å²) >= 11 is 0. The first-order valence-electron chi connectivity index (χ1n) is 6.89. The van der Waals surface area contributed by atoms with Gasteiger partial charge in [-0.3, -0.25) is 4.79 Å². The van der Waals surface area contributed by atoms with E-state index in [-0.39, 0.29) is 24.4 Å². The molecule has 1 aromatic rings.